The van der Waals surface area contributed by atoms with Crippen molar-refractivity contribution in [1.29, 1.82) is 0 Å². The quantitative estimate of drug-likeness (QED) is 0.475. The van der Waals surface area contributed by atoms with Crippen molar-refractivity contribution in [3.8, 4) is 0 Å². The Bertz CT molecular complexity index is 674. The monoisotopic (exact) mass is 230 g/mol. The molecular weight excluding hydrogens is 220 g/mol. The Morgan fingerprint density at radius 3 is 3.06 bits per heavy atom. The fourth-order valence-corrected chi connectivity index (χ4v) is 2.34. The lowest BCUT2D eigenvalue weighted by molar-refractivity contribution is 0.925. The minimum atomic E-state index is 0.855. The average molecular weight is 230 g/mol. The first-order valence-electron chi connectivity index (χ1n) is 4.94. The molecule has 0 radical (unpaired) electrons. The van der Waals surface area contributed by atoms with Gasteiger partial charge in [-0.3, -0.25) is 0 Å². The van der Waals surface area contributed by atoms with Crippen molar-refractivity contribution in [2.75, 3.05) is 6.26 Å². The third kappa shape index (κ3) is 1.28. The number of hydrogen-bond donors (Lipinski definition) is 0. The lowest BCUT2D eigenvalue weighted by Gasteiger charge is -2.03. The summed E-state index contributed by atoms with van der Waals surface area (Å²) in [6.45, 7) is 1.96. The van der Waals surface area contributed by atoms with Crippen molar-refractivity contribution < 1.29 is 0 Å². The number of pyridine rings is 1. The molecule has 0 N–H and O–H groups in total. The number of nitrogens with zero attached hydrogens (tertiary/aromatic N) is 4. The van der Waals surface area contributed by atoms with E-state index >= 15 is 0 Å². The van der Waals surface area contributed by atoms with E-state index in [9.17, 15) is 0 Å². The van der Waals surface area contributed by atoms with E-state index in [1.165, 1.54) is 0 Å². The number of aromatic nitrogens is 4. The summed E-state index contributed by atoms with van der Waals surface area (Å²) in [5.74, 6) is 0. The number of rotatable bonds is 1. The van der Waals surface area contributed by atoms with Crippen molar-refractivity contribution in [3.05, 3.63) is 30.1 Å². The van der Waals surface area contributed by atoms with E-state index in [2.05, 4.69) is 15.1 Å². The molecule has 3 rings (SSSR count). The van der Waals surface area contributed by atoms with E-state index in [1.807, 2.05) is 31.4 Å². The first-order chi connectivity index (χ1) is 7.79. The SMILES string of the molecule is CSc1nc2cc(C)nn2c2ncccc12. The summed E-state index contributed by atoms with van der Waals surface area (Å²) < 4.78 is 1.80. The molecule has 0 aromatic carbocycles. The third-order valence-electron chi connectivity index (χ3n) is 2.44. The predicted molar refractivity (Wildman–Crippen MR) is 64.8 cm³/mol. The Balaban J connectivity index is 2.56. The zero-order valence-electron chi connectivity index (χ0n) is 9.01. The average Bonchev–Trinajstić information content (AvgIpc) is 2.68. The van der Waals surface area contributed by atoms with Crippen LogP contribution in [0.5, 0.6) is 0 Å². The fourth-order valence-electron chi connectivity index (χ4n) is 1.77. The third-order valence-corrected chi connectivity index (χ3v) is 3.14. The molecule has 0 amide bonds. The van der Waals surface area contributed by atoms with Crippen molar-refractivity contribution in [2.45, 2.75) is 11.9 Å². The van der Waals surface area contributed by atoms with Crippen LogP contribution >= 0.6 is 11.8 Å². The van der Waals surface area contributed by atoms with Crippen LogP contribution in [0.4, 0.5) is 0 Å². The highest BCUT2D eigenvalue weighted by molar-refractivity contribution is 7.98. The van der Waals surface area contributed by atoms with Crippen LogP contribution < -0.4 is 0 Å². The van der Waals surface area contributed by atoms with Gasteiger partial charge in [-0.1, -0.05) is 0 Å². The molecule has 0 unspecified atom stereocenters. The van der Waals surface area contributed by atoms with E-state index < -0.39 is 0 Å². The lowest BCUT2D eigenvalue weighted by Crippen LogP contribution is -1.97. The Morgan fingerprint density at radius 2 is 2.25 bits per heavy atom. The van der Waals surface area contributed by atoms with Crippen LogP contribution in [0.1, 0.15) is 5.69 Å². The smallest absolute Gasteiger partial charge is 0.165 e. The van der Waals surface area contributed by atoms with Crippen LogP contribution in [0.25, 0.3) is 16.7 Å². The molecule has 0 fully saturated rings. The summed E-state index contributed by atoms with van der Waals surface area (Å²) in [6.07, 6.45) is 3.80. The van der Waals surface area contributed by atoms with Gasteiger partial charge in [0.05, 0.1) is 11.1 Å². The van der Waals surface area contributed by atoms with E-state index in [0.717, 1.165) is 27.4 Å². The standard InChI is InChI=1S/C11H10N4S/c1-7-6-9-13-11(16-2)8-4-3-5-12-10(8)15(9)14-7/h3-6H,1-2H3. The highest BCUT2D eigenvalue weighted by Gasteiger charge is 2.09. The van der Waals surface area contributed by atoms with Gasteiger partial charge in [0.1, 0.15) is 5.03 Å². The van der Waals surface area contributed by atoms with Crippen molar-refractivity contribution in [2.24, 2.45) is 0 Å². The molecule has 0 atom stereocenters. The Hall–Kier alpha value is -1.62. The second kappa shape index (κ2) is 3.45. The molecule has 0 aliphatic rings. The molecular formula is C11H10N4S. The topological polar surface area (TPSA) is 43.1 Å². The highest BCUT2D eigenvalue weighted by atomic mass is 32.2. The number of thioether (sulfide) groups is 1. The fraction of sp³-hybridized carbons (Fsp3) is 0.182. The zero-order chi connectivity index (χ0) is 11.1. The molecule has 0 saturated carbocycles. The maximum Gasteiger partial charge on any atom is 0.165 e. The summed E-state index contributed by atoms with van der Waals surface area (Å²) in [5, 5.41) is 6.44. The van der Waals surface area contributed by atoms with Gasteiger partial charge in [-0.05, 0) is 25.3 Å². The van der Waals surface area contributed by atoms with E-state index in [0.29, 0.717) is 0 Å². The molecule has 3 aromatic heterocycles. The van der Waals surface area contributed by atoms with Crippen LogP contribution in [-0.2, 0) is 0 Å². The van der Waals surface area contributed by atoms with E-state index in [1.54, 1.807) is 22.5 Å². The van der Waals surface area contributed by atoms with Crippen molar-refractivity contribution in [3.63, 3.8) is 0 Å². The Morgan fingerprint density at radius 1 is 1.38 bits per heavy atom. The van der Waals surface area contributed by atoms with Crippen molar-refractivity contribution in [1.82, 2.24) is 19.6 Å². The van der Waals surface area contributed by atoms with Crippen molar-refractivity contribution >= 4 is 28.4 Å². The van der Waals surface area contributed by atoms with Crippen LogP contribution in [0, 0.1) is 6.92 Å². The number of aryl methyl sites for hydroxylation is 1. The maximum atomic E-state index is 4.57. The largest absolute Gasteiger partial charge is 0.236 e. The van der Waals surface area contributed by atoms with Crippen LogP contribution in [0.3, 0.4) is 0 Å². The van der Waals surface area contributed by atoms with E-state index in [-0.39, 0.29) is 0 Å². The van der Waals surface area contributed by atoms with Gasteiger partial charge in [-0.25, -0.2) is 9.97 Å². The van der Waals surface area contributed by atoms with Crippen LogP contribution in [0.2, 0.25) is 0 Å². The van der Waals surface area contributed by atoms with Gasteiger partial charge in [0.2, 0.25) is 0 Å². The normalized spacial score (nSPS) is 11.4. The molecule has 0 saturated heterocycles. The second-order valence-corrected chi connectivity index (χ2v) is 4.35. The molecule has 0 bridgehead atoms. The first kappa shape index (κ1) is 9.59. The Kier molecular flexibility index (Phi) is 2.07. The van der Waals surface area contributed by atoms with Crippen LogP contribution in [0.15, 0.2) is 29.4 Å². The molecule has 0 spiro atoms. The van der Waals surface area contributed by atoms with E-state index in [4.69, 9.17) is 0 Å². The zero-order valence-corrected chi connectivity index (χ0v) is 9.82. The molecule has 0 aliphatic carbocycles. The predicted octanol–water partition coefficient (Wildman–Crippen LogP) is 2.31. The van der Waals surface area contributed by atoms with Gasteiger partial charge < -0.3 is 0 Å². The summed E-state index contributed by atoms with van der Waals surface area (Å²) in [5.41, 5.74) is 2.68. The first-order valence-corrected chi connectivity index (χ1v) is 6.17. The maximum absolute atomic E-state index is 4.57. The van der Waals surface area contributed by atoms with Gasteiger partial charge in [0.25, 0.3) is 0 Å². The Labute approximate surface area is 96.7 Å². The second-order valence-electron chi connectivity index (χ2n) is 3.55. The lowest BCUT2D eigenvalue weighted by atomic mass is 10.3. The molecule has 16 heavy (non-hydrogen) atoms. The minimum Gasteiger partial charge on any atom is -0.236 e. The van der Waals surface area contributed by atoms with Gasteiger partial charge >= 0.3 is 0 Å². The van der Waals surface area contributed by atoms with Crippen LogP contribution in [-0.4, -0.2) is 25.8 Å². The summed E-state index contributed by atoms with van der Waals surface area (Å²) >= 11 is 1.63. The van der Waals surface area contributed by atoms with Gasteiger partial charge in [0, 0.05) is 12.3 Å². The summed E-state index contributed by atoms with van der Waals surface area (Å²) in [7, 11) is 0. The molecule has 3 heterocycles. The van der Waals surface area contributed by atoms with Gasteiger partial charge in [-0.2, -0.15) is 9.61 Å². The summed E-state index contributed by atoms with van der Waals surface area (Å²) in [6, 6.07) is 5.91. The highest BCUT2D eigenvalue weighted by Crippen LogP contribution is 2.24. The van der Waals surface area contributed by atoms with Gasteiger partial charge in [0.15, 0.2) is 11.3 Å². The molecule has 3 aromatic rings. The molecule has 80 valence electrons. The summed E-state index contributed by atoms with van der Waals surface area (Å²) in [4.78, 5) is 8.94. The molecule has 5 heteroatoms. The number of fused-ring (bicyclic) bond motifs is 3. The van der Waals surface area contributed by atoms with Gasteiger partial charge in [-0.15, -0.1) is 11.8 Å². The molecule has 0 aliphatic heterocycles. The number of hydrogen-bond acceptors (Lipinski definition) is 4. The minimum absolute atomic E-state index is 0.855. The molecule has 4 nitrogen and oxygen atoms in total.